The Morgan fingerprint density at radius 2 is 2.35 bits per heavy atom. The van der Waals surface area contributed by atoms with E-state index < -0.39 is 0 Å². The number of nitrogens with zero attached hydrogens (tertiary/aromatic N) is 2. The predicted molar refractivity (Wildman–Crippen MR) is 68.3 cm³/mol. The quantitative estimate of drug-likeness (QED) is 0.897. The van der Waals surface area contributed by atoms with Gasteiger partial charge in [0.25, 0.3) is 0 Å². The Balaban J connectivity index is 1.81. The van der Waals surface area contributed by atoms with E-state index in [0.717, 1.165) is 29.6 Å². The first kappa shape index (κ1) is 12.9. The van der Waals surface area contributed by atoms with Crippen LogP contribution in [-0.4, -0.2) is 29.0 Å². The van der Waals surface area contributed by atoms with Crippen molar-refractivity contribution in [1.82, 2.24) is 15.1 Å². The first-order chi connectivity index (χ1) is 8.18. The lowest BCUT2D eigenvalue weighted by molar-refractivity contribution is 0.0871. The van der Waals surface area contributed by atoms with Crippen molar-refractivity contribution in [1.29, 1.82) is 0 Å². The van der Waals surface area contributed by atoms with E-state index >= 15 is 0 Å². The minimum Gasteiger partial charge on any atom is -0.373 e. The number of hydrogen-bond donors (Lipinski definition) is 1. The van der Waals surface area contributed by atoms with E-state index in [4.69, 9.17) is 16.3 Å². The minimum absolute atomic E-state index is 0.497. The number of nitrogens with one attached hydrogen (secondary N) is 1. The van der Waals surface area contributed by atoms with Crippen molar-refractivity contribution < 1.29 is 4.74 Å². The molecule has 1 aliphatic rings. The van der Waals surface area contributed by atoms with Crippen LogP contribution in [0.15, 0.2) is 0 Å². The summed E-state index contributed by atoms with van der Waals surface area (Å²) in [5.74, 6) is 0. The Hall–Kier alpha value is -0.580. The molecular weight excluding hydrogens is 238 g/mol. The second-order valence-electron chi connectivity index (χ2n) is 4.63. The van der Waals surface area contributed by atoms with Gasteiger partial charge in [0.2, 0.25) is 0 Å². The molecule has 1 aromatic rings. The molecule has 96 valence electrons. The molecule has 0 saturated carbocycles. The highest BCUT2D eigenvalue weighted by Gasteiger charge is 2.14. The lowest BCUT2D eigenvalue weighted by atomic mass is 10.1. The van der Waals surface area contributed by atoms with Gasteiger partial charge >= 0.3 is 0 Å². The lowest BCUT2D eigenvalue weighted by Crippen LogP contribution is -2.37. The van der Waals surface area contributed by atoms with Gasteiger partial charge < -0.3 is 10.1 Å². The maximum absolute atomic E-state index is 6.16. The molecule has 0 aliphatic carbocycles. The normalized spacial score (nSPS) is 20.8. The van der Waals surface area contributed by atoms with E-state index in [1.165, 1.54) is 19.3 Å². The molecule has 0 spiro atoms. The number of halogens is 1. The third-order valence-corrected chi connectivity index (χ3v) is 3.72. The molecular formula is C12H20ClN3O. The molecule has 5 heteroatoms. The third kappa shape index (κ3) is 3.21. The first-order valence-electron chi connectivity index (χ1n) is 6.17. The van der Waals surface area contributed by atoms with Crippen molar-refractivity contribution in [2.24, 2.45) is 7.05 Å². The average Bonchev–Trinajstić information content (AvgIpc) is 2.57. The fraction of sp³-hybridized carbons (Fsp3) is 0.750. The summed E-state index contributed by atoms with van der Waals surface area (Å²) in [4.78, 5) is 0. The number of ether oxygens (including phenoxy) is 1. The van der Waals surface area contributed by atoms with Crippen LogP contribution in [0.25, 0.3) is 0 Å². The van der Waals surface area contributed by atoms with Gasteiger partial charge in [0, 0.05) is 13.1 Å². The highest BCUT2D eigenvalue weighted by molar-refractivity contribution is 6.31. The van der Waals surface area contributed by atoms with Crippen LogP contribution in [0.5, 0.6) is 0 Å². The van der Waals surface area contributed by atoms with Crippen molar-refractivity contribution in [3.8, 4) is 0 Å². The Morgan fingerprint density at radius 1 is 1.53 bits per heavy atom. The first-order valence-corrected chi connectivity index (χ1v) is 6.55. The van der Waals surface area contributed by atoms with E-state index in [1.807, 2.05) is 14.0 Å². The molecule has 0 bridgehead atoms. The molecule has 4 nitrogen and oxygen atoms in total. The van der Waals surface area contributed by atoms with Crippen molar-refractivity contribution in [3.63, 3.8) is 0 Å². The van der Waals surface area contributed by atoms with Gasteiger partial charge in [-0.05, 0) is 26.3 Å². The number of aromatic nitrogens is 2. The number of aryl methyl sites for hydroxylation is 2. The second-order valence-corrected chi connectivity index (χ2v) is 5.01. The Morgan fingerprint density at radius 3 is 2.94 bits per heavy atom. The SMILES string of the molecule is Cc1nn(C)c(COCC2CCCCN2)c1Cl. The van der Waals surface area contributed by atoms with Gasteiger partial charge in [-0.1, -0.05) is 18.0 Å². The molecule has 1 aliphatic heterocycles. The summed E-state index contributed by atoms with van der Waals surface area (Å²) in [6.45, 7) is 4.31. The predicted octanol–water partition coefficient (Wildman–Crippen LogP) is 2.04. The average molecular weight is 258 g/mol. The zero-order valence-electron chi connectivity index (χ0n) is 10.5. The Bertz CT molecular complexity index is 372. The maximum atomic E-state index is 6.16. The van der Waals surface area contributed by atoms with Crippen molar-refractivity contribution in [3.05, 3.63) is 16.4 Å². The van der Waals surface area contributed by atoms with Gasteiger partial charge in [0.05, 0.1) is 29.6 Å². The van der Waals surface area contributed by atoms with E-state index in [9.17, 15) is 0 Å². The fourth-order valence-corrected chi connectivity index (χ4v) is 2.42. The van der Waals surface area contributed by atoms with Gasteiger partial charge in [-0.15, -0.1) is 0 Å². The van der Waals surface area contributed by atoms with Gasteiger partial charge in [-0.2, -0.15) is 5.10 Å². The molecule has 1 aromatic heterocycles. The van der Waals surface area contributed by atoms with Gasteiger partial charge in [0.1, 0.15) is 0 Å². The summed E-state index contributed by atoms with van der Waals surface area (Å²) in [6.07, 6.45) is 3.79. The van der Waals surface area contributed by atoms with Crippen LogP contribution in [-0.2, 0) is 18.4 Å². The fourth-order valence-electron chi connectivity index (χ4n) is 2.20. The molecule has 0 aromatic carbocycles. The molecule has 1 atom stereocenters. The number of hydrogen-bond acceptors (Lipinski definition) is 3. The Labute approximate surface area is 107 Å². The summed E-state index contributed by atoms with van der Waals surface area (Å²) in [7, 11) is 1.90. The van der Waals surface area contributed by atoms with E-state index in [1.54, 1.807) is 4.68 Å². The monoisotopic (exact) mass is 257 g/mol. The molecule has 2 rings (SSSR count). The molecule has 1 N–H and O–H groups in total. The number of piperidine rings is 1. The highest BCUT2D eigenvalue weighted by Crippen LogP contribution is 2.20. The third-order valence-electron chi connectivity index (χ3n) is 3.23. The van der Waals surface area contributed by atoms with Crippen molar-refractivity contribution in [2.75, 3.05) is 13.2 Å². The van der Waals surface area contributed by atoms with Crippen molar-refractivity contribution in [2.45, 2.75) is 38.8 Å². The Kier molecular flexibility index (Phi) is 4.42. The molecule has 2 heterocycles. The van der Waals surface area contributed by atoms with Gasteiger partial charge in [-0.25, -0.2) is 0 Å². The topological polar surface area (TPSA) is 39.1 Å². The number of rotatable bonds is 4. The molecule has 17 heavy (non-hydrogen) atoms. The minimum atomic E-state index is 0.497. The van der Waals surface area contributed by atoms with Gasteiger partial charge in [-0.3, -0.25) is 4.68 Å². The van der Waals surface area contributed by atoms with Crippen LogP contribution in [0, 0.1) is 6.92 Å². The van der Waals surface area contributed by atoms with Crippen LogP contribution in [0.2, 0.25) is 5.02 Å². The molecule has 1 unspecified atom stereocenters. The summed E-state index contributed by atoms with van der Waals surface area (Å²) < 4.78 is 7.52. The second kappa shape index (κ2) is 5.85. The van der Waals surface area contributed by atoms with Crippen LogP contribution in [0.1, 0.15) is 30.7 Å². The molecule has 1 fully saturated rings. The van der Waals surface area contributed by atoms with E-state index in [2.05, 4.69) is 10.4 Å². The van der Waals surface area contributed by atoms with Crippen LogP contribution >= 0.6 is 11.6 Å². The molecule has 0 radical (unpaired) electrons. The van der Waals surface area contributed by atoms with Crippen LogP contribution < -0.4 is 5.32 Å². The van der Waals surface area contributed by atoms with Crippen LogP contribution in [0.4, 0.5) is 0 Å². The largest absolute Gasteiger partial charge is 0.373 e. The standard InChI is InChI=1S/C12H20ClN3O/c1-9-12(13)11(16(2)15-9)8-17-7-10-5-3-4-6-14-10/h10,14H,3-8H2,1-2H3. The summed E-state index contributed by atoms with van der Waals surface area (Å²) in [5, 5.41) is 8.45. The van der Waals surface area contributed by atoms with E-state index in [0.29, 0.717) is 12.6 Å². The zero-order chi connectivity index (χ0) is 12.3. The summed E-state index contributed by atoms with van der Waals surface area (Å²) >= 11 is 6.16. The smallest absolute Gasteiger partial charge is 0.0900 e. The van der Waals surface area contributed by atoms with E-state index in [-0.39, 0.29) is 0 Å². The summed E-state index contributed by atoms with van der Waals surface area (Å²) in [5.41, 5.74) is 1.82. The van der Waals surface area contributed by atoms with Crippen molar-refractivity contribution >= 4 is 11.6 Å². The zero-order valence-corrected chi connectivity index (χ0v) is 11.3. The molecule has 1 saturated heterocycles. The lowest BCUT2D eigenvalue weighted by Gasteiger charge is -2.23. The highest BCUT2D eigenvalue weighted by atomic mass is 35.5. The summed E-state index contributed by atoms with van der Waals surface area (Å²) in [6, 6.07) is 0.497. The van der Waals surface area contributed by atoms with Crippen LogP contribution in [0.3, 0.4) is 0 Å². The molecule has 0 amide bonds. The maximum Gasteiger partial charge on any atom is 0.0900 e. The van der Waals surface area contributed by atoms with Gasteiger partial charge in [0.15, 0.2) is 0 Å².